The highest BCUT2D eigenvalue weighted by atomic mass is 35.5. The number of hydrogen-bond acceptors (Lipinski definition) is 4. The van der Waals surface area contributed by atoms with Gasteiger partial charge >= 0.3 is 6.03 Å². The Hall–Kier alpha value is -1.43. The van der Waals surface area contributed by atoms with Crippen molar-refractivity contribution in [3.05, 3.63) is 0 Å². The van der Waals surface area contributed by atoms with Crippen molar-refractivity contribution in [1.29, 1.82) is 0 Å². The fraction of sp³-hybridized carbons (Fsp3) is 0.667. The van der Waals surface area contributed by atoms with E-state index in [-0.39, 0.29) is 35.0 Å². The Balaban J connectivity index is 1.83. The highest BCUT2D eigenvalue weighted by Gasteiger charge is 2.60. The number of amidine groups is 1. The van der Waals surface area contributed by atoms with Gasteiger partial charge in [0.2, 0.25) is 5.29 Å². The lowest BCUT2D eigenvalue weighted by Crippen LogP contribution is -2.68. The van der Waals surface area contributed by atoms with Crippen molar-refractivity contribution in [3.63, 3.8) is 0 Å². The molecule has 19 heavy (non-hydrogen) atoms. The van der Waals surface area contributed by atoms with Crippen molar-refractivity contribution in [2.75, 3.05) is 0 Å². The average Bonchev–Trinajstić information content (AvgIpc) is 3.18. The third-order valence-corrected chi connectivity index (χ3v) is 4.26. The van der Waals surface area contributed by atoms with Crippen LogP contribution in [0.5, 0.6) is 0 Å². The molecular weight excluding hydrogens is 268 g/mol. The van der Waals surface area contributed by atoms with Gasteiger partial charge in [-0.15, -0.1) is 0 Å². The Bertz CT molecular complexity index is 564. The van der Waals surface area contributed by atoms with Crippen LogP contribution in [-0.2, 0) is 4.79 Å². The van der Waals surface area contributed by atoms with Crippen LogP contribution in [0.3, 0.4) is 0 Å². The summed E-state index contributed by atoms with van der Waals surface area (Å²) in [6.07, 6.45) is 3.67. The van der Waals surface area contributed by atoms with Crippen LogP contribution >= 0.6 is 11.6 Å². The largest absolute Gasteiger partial charge is 0.329 e. The minimum absolute atomic E-state index is 0.0351. The van der Waals surface area contributed by atoms with Crippen LogP contribution in [0.4, 0.5) is 4.79 Å². The van der Waals surface area contributed by atoms with E-state index in [2.05, 4.69) is 9.98 Å². The molecule has 3 fully saturated rings. The van der Waals surface area contributed by atoms with Crippen LogP contribution in [0.15, 0.2) is 9.98 Å². The Morgan fingerprint density at radius 1 is 1.21 bits per heavy atom. The number of aliphatic imine (C=N–C) groups is 2. The minimum atomic E-state index is -1.00. The van der Waals surface area contributed by atoms with Gasteiger partial charge in [-0.25, -0.2) is 14.8 Å². The lowest BCUT2D eigenvalue weighted by molar-refractivity contribution is -0.124. The number of fused-ring (bicyclic) bond motifs is 1. The molecule has 2 aliphatic heterocycles. The van der Waals surface area contributed by atoms with Gasteiger partial charge < -0.3 is 0 Å². The number of carbonyl (C=O) groups excluding carboxylic acids is 2. The van der Waals surface area contributed by atoms with Crippen molar-refractivity contribution in [2.24, 2.45) is 9.98 Å². The van der Waals surface area contributed by atoms with E-state index < -0.39 is 5.66 Å². The van der Waals surface area contributed by atoms with E-state index in [1.807, 2.05) is 0 Å². The number of rotatable bonds is 2. The second-order valence-corrected chi connectivity index (χ2v) is 5.99. The van der Waals surface area contributed by atoms with Crippen molar-refractivity contribution in [2.45, 2.75) is 50.4 Å². The molecule has 2 heterocycles. The molecule has 7 heteroatoms. The quantitative estimate of drug-likeness (QED) is 0.717. The lowest BCUT2D eigenvalue weighted by atomic mass is 10.0. The maximum atomic E-state index is 12.6. The number of amides is 3. The molecule has 0 aromatic rings. The molecule has 100 valence electrons. The van der Waals surface area contributed by atoms with Crippen LogP contribution in [0.25, 0.3) is 0 Å². The average molecular weight is 281 g/mol. The molecule has 4 aliphatic rings. The molecule has 6 nitrogen and oxygen atoms in total. The lowest BCUT2D eigenvalue weighted by Gasteiger charge is -2.44. The van der Waals surface area contributed by atoms with Gasteiger partial charge in [-0.1, -0.05) is 0 Å². The Morgan fingerprint density at radius 2 is 1.84 bits per heavy atom. The maximum absolute atomic E-state index is 12.6. The Kier molecular flexibility index (Phi) is 2.02. The first-order valence-electron chi connectivity index (χ1n) is 6.54. The maximum Gasteiger partial charge on any atom is 0.329 e. The normalized spacial score (nSPS) is 34.4. The zero-order valence-corrected chi connectivity index (χ0v) is 11.2. The molecule has 1 atom stereocenters. The van der Waals surface area contributed by atoms with E-state index in [9.17, 15) is 9.59 Å². The van der Waals surface area contributed by atoms with Gasteiger partial charge in [-0.05, 0) is 44.2 Å². The number of carbonyl (C=O) groups is 2. The molecule has 3 amide bonds. The van der Waals surface area contributed by atoms with E-state index in [1.165, 1.54) is 4.90 Å². The molecule has 2 saturated carbocycles. The topological polar surface area (TPSA) is 65.3 Å². The Labute approximate surface area is 115 Å². The molecule has 0 aromatic carbocycles. The molecule has 0 spiro atoms. The summed E-state index contributed by atoms with van der Waals surface area (Å²) in [4.78, 5) is 36.4. The molecule has 4 rings (SSSR count). The highest BCUT2D eigenvalue weighted by Crippen LogP contribution is 2.43. The first-order valence-corrected chi connectivity index (χ1v) is 6.91. The highest BCUT2D eigenvalue weighted by molar-refractivity contribution is 6.68. The Morgan fingerprint density at radius 3 is 2.42 bits per heavy atom. The van der Waals surface area contributed by atoms with Gasteiger partial charge in [0, 0.05) is 12.1 Å². The second-order valence-electron chi connectivity index (χ2n) is 5.65. The SMILES string of the molecule is CC12N=C(Cl)N=C1C(=O)N(C1CC1)C(=O)N2C1CC1. The predicted octanol–water partition coefficient (Wildman–Crippen LogP) is 1.34. The molecule has 1 saturated heterocycles. The zero-order chi connectivity index (χ0) is 13.4. The summed E-state index contributed by atoms with van der Waals surface area (Å²) in [6, 6.07) is -0.0391. The molecule has 2 aliphatic carbocycles. The third kappa shape index (κ3) is 1.43. The van der Waals surface area contributed by atoms with Gasteiger partial charge in [-0.2, -0.15) is 0 Å². The zero-order valence-electron chi connectivity index (χ0n) is 10.5. The van der Waals surface area contributed by atoms with Gasteiger partial charge in [0.1, 0.15) is 0 Å². The van der Waals surface area contributed by atoms with Gasteiger partial charge in [0.05, 0.1) is 0 Å². The van der Waals surface area contributed by atoms with Crippen molar-refractivity contribution in [3.8, 4) is 0 Å². The summed E-state index contributed by atoms with van der Waals surface area (Å²) in [5.74, 6) is -0.327. The van der Waals surface area contributed by atoms with Crippen molar-refractivity contribution < 1.29 is 9.59 Å². The molecule has 0 bridgehead atoms. The number of imide groups is 1. The second kappa shape index (κ2) is 3.36. The van der Waals surface area contributed by atoms with Crippen LogP contribution in [-0.4, -0.2) is 50.5 Å². The third-order valence-electron chi connectivity index (χ3n) is 4.09. The molecular formula is C12H13ClN4O2. The summed E-state index contributed by atoms with van der Waals surface area (Å²) in [7, 11) is 0. The molecule has 0 radical (unpaired) electrons. The summed E-state index contributed by atoms with van der Waals surface area (Å²) in [5, 5.41) is 0.0574. The summed E-state index contributed by atoms with van der Waals surface area (Å²) in [6.45, 7) is 1.75. The van der Waals surface area contributed by atoms with Crippen LogP contribution in [0.2, 0.25) is 0 Å². The molecule has 0 aromatic heterocycles. The molecule has 1 unspecified atom stereocenters. The fourth-order valence-corrected chi connectivity index (χ4v) is 3.13. The molecule has 0 N–H and O–H groups in total. The van der Waals surface area contributed by atoms with Crippen LogP contribution in [0, 0.1) is 0 Å². The predicted molar refractivity (Wildman–Crippen MR) is 69.3 cm³/mol. The van der Waals surface area contributed by atoms with E-state index in [1.54, 1.807) is 11.8 Å². The van der Waals surface area contributed by atoms with Gasteiger partial charge in [0.25, 0.3) is 5.91 Å². The van der Waals surface area contributed by atoms with E-state index >= 15 is 0 Å². The van der Waals surface area contributed by atoms with Gasteiger partial charge in [0.15, 0.2) is 11.4 Å². The number of halogens is 1. The number of hydrogen-bond donors (Lipinski definition) is 0. The first kappa shape index (κ1) is 11.4. The smallest absolute Gasteiger partial charge is 0.291 e. The van der Waals surface area contributed by atoms with E-state index in [4.69, 9.17) is 11.6 Å². The van der Waals surface area contributed by atoms with Crippen LogP contribution < -0.4 is 0 Å². The van der Waals surface area contributed by atoms with E-state index in [0.717, 1.165) is 25.7 Å². The fourth-order valence-electron chi connectivity index (χ4n) is 2.88. The summed E-state index contributed by atoms with van der Waals surface area (Å²) in [5.41, 5.74) is -0.714. The van der Waals surface area contributed by atoms with Crippen LogP contribution in [0.1, 0.15) is 32.6 Å². The first-order chi connectivity index (χ1) is 9.02. The summed E-state index contributed by atoms with van der Waals surface area (Å²) >= 11 is 5.88. The summed E-state index contributed by atoms with van der Waals surface area (Å²) < 4.78 is 0. The number of nitrogens with zero attached hydrogens (tertiary/aromatic N) is 4. The standard InChI is InChI=1S/C12H13ClN4O2/c1-12-8(14-10(13)15-12)9(18)16(6-2-3-6)11(19)17(12)7-4-5-7/h6-7H,2-5H2,1H3. The number of urea groups is 1. The van der Waals surface area contributed by atoms with E-state index in [0.29, 0.717) is 0 Å². The monoisotopic (exact) mass is 280 g/mol. The van der Waals surface area contributed by atoms with Gasteiger partial charge in [-0.3, -0.25) is 14.6 Å². The minimum Gasteiger partial charge on any atom is -0.291 e. The van der Waals surface area contributed by atoms with Crippen molar-refractivity contribution in [1.82, 2.24) is 9.80 Å². The van der Waals surface area contributed by atoms with Crippen molar-refractivity contribution >= 4 is 34.5 Å².